The molecule has 11 aromatic rings. The van der Waals surface area contributed by atoms with E-state index < -0.39 is 0 Å². The number of hydrogen-bond donors (Lipinski definition) is 0. The first-order valence-electron chi connectivity index (χ1n) is 28.1. The summed E-state index contributed by atoms with van der Waals surface area (Å²) in [4.78, 5) is 0. The first-order valence-corrected chi connectivity index (χ1v) is 28.1. The van der Waals surface area contributed by atoms with Crippen LogP contribution in [0.5, 0.6) is 0 Å². The van der Waals surface area contributed by atoms with Crippen molar-refractivity contribution in [2.75, 3.05) is 0 Å². The molecular formula is C78H62. The minimum Gasteiger partial charge on any atom is -0.0619 e. The predicted molar refractivity (Wildman–Crippen MR) is 329 cm³/mol. The fourth-order valence-electron chi connectivity index (χ4n) is 14.7. The molecule has 4 aliphatic rings. The van der Waals surface area contributed by atoms with E-state index in [2.05, 4.69) is 286 Å². The van der Waals surface area contributed by atoms with Crippen molar-refractivity contribution in [3.8, 4) is 111 Å². The highest BCUT2D eigenvalue weighted by molar-refractivity contribution is 5.94. The molecule has 0 bridgehead atoms. The molecule has 0 aliphatic heterocycles. The second-order valence-corrected chi connectivity index (χ2v) is 24.8. The number of rotatable bonds is 6. The van der Waals surface area contributed by atoms with Gasteiger partial charge >= 0.3 is 0 Å². The molecule has 0 spiro atoms. The molecule has 0 aromatic heterocycles. The molecule has 0 radical (unpaired) electrons. The van der Waals surface area contributed by atoms with Crippen LogP contribution in [-0.4, -0.2) is 0 Å². The predicted octanol–water partition coefficient (Wildman–Crippen LogP) is 20.9. The SMILES string of the molecule is CC1(C)c2ccccc2-c2ccc(-c3ccccc3-c3ccc4c(c3)C(C)(C)c3cc(-c5ccc(-c6ccc7c(c6)C(C)(C)c6cc(-c8ccccc8-c8ccc9c(c8)C(C)(C)c8ccccc8-9)ccc6-7)cc5)ccc3-4)cc21. The highest BCUT2D eigenvalue weighted by atomic mass is 14.4. The third kappa shape index (κ3) is 6.65. The maximum atomic E-state index is 2.47. The average molecular weight is 999 g/mol. The van der Waals surface area contributed by atoms with Gasteiger partial charge in [0.15, 0.2) is 0 Å². The Morgan fingerprint density at radius 1 is 0.154 bits per heavy atom. The van der Waals surface area contributed by atoms with E-state index in [1.807, 2.05) is 0 Å². The van der Waals surface area contributed by atoms with Crippen molar-refractivity contribution in [3.05, 3.63) is 275 Å². The van der Waals surface area contributed by atoms with Crippen LogP contribution in [-0.2, 0) is 21.7 Å². The molecule has 0 N–H and O–H groups in total. The molecule has 0 fully saturated rings. The normalized spacial score (nSPS) is 15.6. The van der Waals surface area contributed by atoms with Crippen LogP contribution in [0, 0.1) is 0 Å². The molecule has 0 atom stereocenters. The summed E-state index contributed by atoms with van der Waals surface area (Å²) in [7, 11) is 0. The molecule has 0 saturated carbocycles. The Morgan fingerprint density at radius 2 is 0.333 bits per heavy atom. The summed E-state index contributed by atoms with van der Waals surface area (Å²) in [6.07, 6.45) is 0. The third-order valence-electron chi connectivity index (χ3n) is 19.2. The zero-order chi connectivity index (χ0) is 53.0. The lowest BCUT2D eigenvalue weighted by Crippen LogP contribution is -2.15. The molecular weight excluding hydrogens is 937 g/mol. The van der Waals surface area contributed by atoms with Gasteiger partial charge in [0.2, 0.25) is 0 Å². The summed E-state index contributed by atoms with van der Waals surface area (Å²) in [5, 5.41) is 0. The standard InChI is InChI=1S/C78H62/c1-75(2)67-23-15-13-21-59(67)61-37-31-51(43-71(61)75)55-17-9-11-19-57(55)53-33-39-65-63-35-29-49(41-69(63)77(5,6)73(65)45-53)47-25-27-48(28-26-47)50-30-36-64-66-40-34-54(46-74(66)78(7,8)70(64)42-50)58-20-12-10-18-56(58)52-32-38-62-60-22-14-16-24-68(60)76(3,4)72(62)44-52/h9-46H,1-8H3. The molecule has 0 heteroatoms. The molecule has 15 rings (SSSR count). The lowest BCUT2D eigenvalue weighted by atomic mass is 9.80. The van der Waals surface area contributed by atoms with Crippen LogP contribution in [0.25, 0.3) is 111 Å². The van der Waals surface area contributed by atoms with Crippen molar-refractivity contribution < 1.29 is 0 Å². The Labute approximate surface area is 460 Å². The minimum absolute atomic E-state index is 0.0479. The van der Waals surface area contributed by atoms with Crippen LogP contribution in [0.15, 0.2) is 231 Å². The van der Waals surface area contributed by atoms with Crippen molar-refractivity contribution in [3.63, 3.8) is 0 Å². The van der Waals surface area contributed by atoms with E-state index >= 15 is 0 Å². The summed E-state index contributed by atoms with van der Waals surface area (Å²) in [5.74, 6) is 0. The van der Waals surface area contributed by atoms with Crippen LogP contribution >= 0.6 is 0 Å². The quantitative estimate of drug-likeness (QED) is 0.156. The van der Waals surface area contributed by atoms with E-state index in [1.54, 1.807) is 0 Å². The Hall–Kier alpha value is -8.58. The summed E-state index contributed by atoms with van der Waals surface area (Å²) >= 11 is 0. The second-order valence-electron chi connectivity index (χ2n) is 24.8. The van der Waals surface area contributed by atoms with Crippen LogP contribution in [0.2, 0.25) is 0 Å². The number of hydrogen-bond acceptors (Lipinski definition) is 0. The van der Waals surface area contributed by atoms with Gasteiger partial charge in [-0.1, -0.05) is 250 Å². The Kier molecular flexibility index (Phi) is 9.86. The van der Waals surface area contributed by atoms with Gasteiger partial charge in [0, 0.05) is 21.7 Å². The smallest absolute Gasteiger partial charge is 0.0159 e. The lowest BCUT2D eigenvalue weighted by molar-refractivity contribution is 0.660. The van der Waals surface area contributed by atoms with Crippen molar-refractivity contribution >= 4 is 0 Å². The van der Waals surface area contributed by atoms with Gasteiger partial charge in [0.05, 0.1) is 0 Å². The third-order valence-corrected chi connectivity index (χ3v) is 19.2. The van der Waals surface area contributed by atoms with Crippen LogP contribution in [0.3, 0.4) is 0 Å². The second kappa shape index (κ2) is 16.5. The van der Waals surface area contributed by atoms with Crippen LogP contribution < -0.4 is 0 Å². The molecule has 4 aliphatic carbocycles. The summed E-state index contributed by atoms with van der Waals surface area (Å²) < 4.78 is 0. The van der Waals surface area contributed by atoms with Gasteiger partial charge in [-0.3, -0.25) is 0 Å². The largest absolute Gasteiger partial charge is 0.0619 e. The monoisotopic (exact) mass is 998 g/mol. The molecule has 0 heterocycles. The molecule has 0 unspecified atom stereocenters. The van der Waals surface area contributed by atoms with Gasteiger partial charge in [-0.25, -0.2) is 0 Å². The average Bonchev–Trinajstić information content (AvgIpc) is 4.27. The first kappa shape index (κ1) is 46.7. The fraction of sp³-hybridized carbons (Fsp3) is 0.154. The highest BCUT2D eigenvalue weighted by Gasteiger charge is 2.40. The number of fused-ring (bicyclic) bond motifs is 12. The molecule has 11 aromatic carbocycles. The van der Waals surface area contributed by atoms with Crippen LogP contribution in [0.4, 0.5) is 0 Å². The molecule has 0 nitrogen and oxygen atoms in total. The van der Waals surface area contributed by atoms with E-state index in [4.69, 9.17) is 0 Å². The molecule has 0 amide bonds. The summed E-state index contributed by atoms with van der Waals surface area (Å²) in [6, 6.07) is 87.9. The summed E-state index contributed by atoms with van der Waals surface area (Å²) in [5.41, 5.74) is 36.6. The lowest BCUT2D eigenvalue weighted by Gasteiger charge is -2.23. The minimum atomic E-state index is -0.166. The first-order chi connectivity index (χ1) is 37.7. The maximum absolute atomic E-state index is 2.47. The number of benzene rings is 11. The van der Waals surface area contributed by atoms with Gasteiger partial charge in [0.25, 0.3) is 0 Å². The highest BCUT2D eigenvalue weighted by Crippen LogP contribution is 2.55. The fourth-order valence-corrected chi connectivity index (χ4v) is 14.7. The van der Waals surface area contributed by atoms with Gasteiger partial charge in [-0.15, -0.1) is 0 Å². The van der Waals surface area contributed by atoms with Crippen molar-refractivity contribution in [2.45, 2.75) is 77.0 Å². The Morgan fingerprint density at radius 3 is 0.603 bits per heavy atom. The molecule has 0 saturated heterocycles. The van der Waals surface area contributed by atoms with Crippen molar-refractivity contribution in [1.29, 1.82) is 0 Å². The summed E-state index contributed by atoms with van der Waals surface area (Å²) in [6.45, 7) is 19.1. The Balaban J connectivity index is 0.695. The van der Waals surface area contributed by atoms with E-state index in [9.17, 15) is 0 Å². The van der Waals surface area contributed by atoms with Gasteiger partial charge in [-0.05, 0) is 192 Å². The van der Waals surface area contributed by atoms with Gasteiger partial charge in [0.1, 0.15) is 0 Å². The van der Waals surface area contributed by atoms with Crippen molar-refractivity contribution in [2.24, 2.45) is 0 Å². The van der Waals surface area contributed by atoms with E-state index in [0.29, 0.717) is 0 Å². The zero-order valence-corrected chi connectivity index (χ0v) is 45.9. The molecule has 374 valence electrons. The van der Waals surface area contributed by atoms with E-state index in [1.165, 1.54) is 156 Å². The van der Waals surface area contributed by atoms with E-state index in [0.717, 1.165) is 0 Å². The van der Waals surface area contributed by atoms with Crippen LogP contribution in [0.1, 0.15) is 99.9 Å². The zero-order valence-electron chi connectivity index (χ0n) is 45.9. The topological polar surface area (TPSA) is 0 Å². The maximum Gasteiger partial charge on any atom is 0.0159 e. The Bertz CT molecular complexity index is 4070. The van der Waals surface area contributed by atoms with E-state index in [-0.39, 0.29) is 21.7 Å². The van der Waals surface area contributed by atoms with Gasteiger partial charge < -0.3 is 0 Å². The van der Waals surface area contributed by atoms with Gasteiger partial charge in [-0.2, -0.15) is 0 Å². The van der Waals surface area contributed by atoms with Crippen molar-refractivity contribution in [1.82, 2.24) is 0 Å². The molecule has 78 heavy (non-hydrogen) atoms.